The summed E-state index contributed by atoms with van der Waals surface area (Å²) < 4.78 is 5.41. The Hall–Kier alpha value is 0.180. The predicted molar refractivity (Wildman–Crippen MR) is 95.9 cm³/mol. The van der Waals surface area contributed by atoms with E-state index in [0.29, 0.717) is 6.54 Å². The molecule has 110 valence electrons. The van der Waals surface area contributed by atoms with Gasteiger partial charge in [0.2, 0.25) is 5.95 Å². The molecule has 3 rings (SSSR count). The SMILES string of the molecule is Cl.NCCNc1nc2c(Br)c(Br)c(Br)c3c2n1CCC3. The van der Waals surface area contributed by atoms with Gasteiger partial charge in [0.25, 0.3) is 0 Å². The van der Waals surface area contributed by atoms with E-state index >= 15 is 0 Å². The van der Waals surface area contributed by atoms with Gasteiger partial charge in [-0.1, -0.05) is 0 Å². The van der Waals surface area contributed by atoms with Crippen molar-refractivity contribution in [3.63, 3.8) is 0 Å². The molecule has 0 atom stereocenters. The molecule has 0 saturated carbocycles. The Kier molecular flexibility index (Phi) is 5.40. The summed E-state index contributed by atoms with van der Waals surface area (Å²) in [5, 5.41) is 3.31. The average molecular weight is 489 g/mol. The Morgan fingerprint density at radius 3 is 2.65 bits per heavy atom. The number of aromatic nitrogens is 2. The smallest absolute Gasteiger partial charge is 0.203 e. The number of nitrogens with zero attached hydrogens (tertiary/aromatic N) is 2. The maximum atomic E-state index is 5.56. The van der Waals surface area contributed by atoms with Gasteiger partial charge in [-0.05, 0) is 66.2 Å². The van der Waals surface area contributed by atoms with Crippen LogP contribution in [0, 0.1) is 0 Å². The molecule has 1 aromatic heterocycles. The zero-order valence-corrected chi connectivity index (χ0v) is 16.1. The second-order valence-electron chi connectivity index (χ2n) is 4.52. The van der Waals surface area contributed by atoms with E-state index in [1.54, 1.807) is 0 Å². The lowest BCUT2D eigenvalue weighted by Crippen LogP contribution is -2.17. The summed E-state index contributed by atoms with van der Waals surface area (Å²) in [6.45, 7) is 2.33. The second kappa shape index (κ2) is 6.52. The highest BCUT2D eigenvalue weighted by Gasteiger charge is 2.24. The fourth-order valence-corrected chi connectivity index (χ4v) is 4.28. The number of hydrogen-bond acceptors (Lipinski definition) is 3. The van der Waals surface area contributed by atoms with E-state index < -0.39 is 0 Å². The third-order valence-corrected chi connectivity index (χ3v) is 6.85. The average Bonchev–Trinajstić information content (AvgIpc) is 2.80. The zero-order valence-electron chi connectivity index (χ0n) is 10.5. The largest absolute Gasteiger partial charge is 0.354 e. The number of aryl methyl sites for hydroxylation is 2. The molecule has 2 heterocycles. The lowest BCUT2D eigenvalue weighted by Gasteiger charge is -2.19. The highest BCUT2D eigenvalue weighted by Crippen LogP contribution is 2.43. The van der Waals surface area contributed by atoms with E-state index in [0.717, 1.165) is 50.8 Å². The van der Waals surface area contributed by atoms with Gasteiger partial charge in [-0.3, -0.25) is 0 Å². The molecular formula is C12H14Br3ClN4. The van der Waals surface area contributed by atoms with E-state index in [1.807, 2.05) is 0 Å². The van der Waals surface area contributed by atoms with Crippen molar-refractivity contribution < 1.29 is 0 Å². The van der Waals surface area contributed by atoms with E-state index in [1.165, 1.54) is 11.1 Å². The molecule has 0 unspecified atom stereocenters. The summed E-state index contributed by atoms with van der Waals surface area (Å²) in [5.74, 6) is 0.909. The molecule has 20 heavy (non-hydrogen) atoms. The van der Waals surface area contributed by atoms with Crippen molar-refractivity contribution in [1.29, 1.82) is 0 Å². The van der Waals surface area contributed by atoms with Crippen LogP contribution in [0.1, 0.15) is 12.0 Å². The molecule has 2 aromatic rings. The van der Waals surface area contributed by atoms with Crippen molar-refractivity contribution >= 4 is 77.2 Å². The van der Waals surface area contributed by atoms with Crippen molar-refractivity contribution in [1.82, 2.24) is 9.55 Å². The highest BCUT2D eigenvalue weighted by atomic mass is 79.9. The van der Waals surface area contributed by atoms with E-state index in [9.17, 15) is 0 Å². The van der Waals surface area contributed by atoms with Gasteiger partial charge >= 0.3 is 0 Å². The first-order chi connectivity index (χ1) is 9.15. The van der Waals surface area contributed by atoms with Crippen molar-refractivity contribution in [2.45, 2.75) is 19.4 Å². The summed E-state index contributed by atoms with van der Waals surface area (Å²) in [6.07, 6.45) is 2.20. The second-order valence-corrected chi connectivity index (χ2v) is 6.90. The van der Waals surface area contributed by atoms with Crippen LogP contribution in [0.5, 0.6) is 0 Å². The predicted octanol–water partition coefficient (Wildman–Crippen LogP) is 4.06. The summed E-state index contributed by atoms with van der Waals surface area (Å²) in [7, 11) is 0. The minimum Gasteiger partial charge on any atom is -0.354 e. The van der Waals surface area contributed by atoms with Gasteiger partial charge in [0.15, 0.2) is 0 Å². The first-order valence-electron chi connectivity index (χ1n) is 6.14. The molecule has 0 fully saturated rings. The van der Waals surface area contributed by atoms with E-state index in [-0.39, 0.29) is 12.4 Å². The number of imidazole rings is 1. The maximum Gasteiger partial charge on any atom is 0.203 e. The Morgan fingerprint density at radius 2 is 1.95 bits per heavy atom. The van der Waals surface area contributed by atoms with Gasteiger partial charge in [-0.15, -0.1) is 12.4 Å². The number of rotatable bonds is 3. The van der Waals surface area contributed by atoms with Crippen LogP contribution in [0.15, 0.2) is 13.4 Å². The van der Waals surface area contributed by atoms with Crippen LogP contribution in [0.25, 0.3) is 11.0 Å². The van der Waals surface area contributed by atoms with Crippen LogP contribution in [0.2, 0.25) is 0 Å². The van der Waals surface area contributed by atoms with Gasteiger partial charge in [-0.2, -0.15) is 0 Å². The van der Waals surface area contributed by atoms with Crippen molar-refractivity contribution in [2.75, 3.05) is 18.4 Å². The lowest BCUT2D eigenvalue weighted by molar-refractivity contribution is 0.634. The molecule has 4 nitrogen and oxygen atoms in total. The molecule has 1 aromatic carbocycles. The molecule has 0 bridgehead atoms. The van der Waals surface area contributed by atoms with Gasteiger partial charge in [0.1, 0.15) is 5.52 Å². The monoisotopic (exact) mass is 486 g/mol. The molecule has 0 radical (unpaired) electrons. The topological polar surface area (TPSA) is 55.9 Å². The van der Waals surface area contributed by atoms with Crippen LogP contribution in [0.4, 0.5) is 5.95 Å². The van der Waals surface area contributed by atoms with Crippen LogP contribution in [-0.2, 0) is 13.0 Å². The minimum absolute atomic E-state index is 0. The number of hydrogen-bond donors (Lipinski definition) is 2. The quantitative estimate of drug-likeness (QED) is 0.640. The fraction of sp³-hybridized carbons (Fsp3) is 0.417. The van der Waals surface area contributed by atoms with Gasteiger partial charge in [0.05, 0.1) is 9.99 Å². The summed E-state index contributed by atoms with van der Waals surface area (Å²) in [4.78, 5) is 4.72. The molecule has 8 heteroatoms. The standard InChI is InChI=1S/C12H13Br3N4.ClH/c13-7-6-2-1-5-19-11(6)10(9(15)8(7)14)18-12(19)17-4-3-16;/h1-5,16H2,(H,17,18);1H. The summed E-state index contributed by atoms with van der Waals surface area (Å²) in [5.41, 5.74) is 9.10. The fourth-order valence-electron chi connectivity index (χ4n) is 2.53. The Bertz CT molecular complexity index is 656. The van der Waals surface area contributed by atoms with Crippen LogP contribution >= 0.6 is 60.2 Å². The molecule has 0 amide bonds. The number of nitrogens with one attached hydrogen (secondary N) is 1. The number of halogens is 4. The van der Waals surface area contributed by atoms with Crippen molar-refractivity contribution in [2.24, 2.45) is 5.73 Å². The Morgan fingerprint density at radius 1 is 1.20 bits per heavy atom. The van der Waals surface area contributed by atoms with E-state index in [4.69, 9.17) is 10.7 Å². The molecule has 3 N–H and O–H groups in total. The first-order valence-corrected chi connectivity index (χ1v) is 8.52. The third-order valence-electron chi connectivity index (χ3n) is 3.35. The zero-order chi connectivity index (χ0) is 13.6. The molecule has 1 aliphatic heterocycles. The Labute approximate surface area is 148 Å². The van der Waals surface area contributed by atoms with Crippen molar-refractivity contribution in [3.8, 4) is 0 Å². The lowest BCUT2D eigenvalue weighted by atomic mass is 10.0. The van der Waals surface area contributed by atoms with E-state index in [2.05, 4.69) is 57.7 Å². The maximum absolute atomic E-state index is 5.56. The number of nitrogens with two attached hydrogens (primary N) is 1. The van der Waals surface area contributed by atoms with Gasteiger partial charge in [-0.25, -0.2) is 4.98 Å². The first kappa shape index (κ1) is 16.5. The minimum atomic E-state index is 0. The summed E-state index contributed by atoms with van der Waals surface area (Å²) in [6, 6.07) is 0. The molecule has 1 aliphatic rings. The number of benzene rings is 1. The van der Waals surface area contributed by atoms with Crippen molar-refractivity contribution in [3.05, 3.63) is 19.0 Å². The highest BCUT2D eigenvalue weighted by molar-refractivity contribution is 9.14. The van der Waals surface area contributed by atoms with Gasteiger partial charge < -0.3 is 15.6 Å². The van der Waals surface area contributed by atoms with Crippen LogP contribution in [0.3, 0.4) is 0 Å². The molecule has 0 aliphatic carbocycles. The molecular weight excluding hydrogens is 475 g/mol. The van der Waals surface area contributed by atoms with Gasteiger partial charge in [0, 0.05) is 28.6 Å². The van der Waals surface area contributed by atoms with Crippen LogP contribution in [-0.4, -0.2) is 22.6 Å². The number of anilines is 1. The molecule has 0 spiro atoms. The molecule has 0 saturated heterocycles. The third kappa shape index (κ3) is 2.52. The normalized spacial score (nSPS) is 13.4. The Balaban J connectivity index is 0.00000147. The summed E-state index contributed by atoms with van der Waals surface area (Å²) >= 11 is 10.9. The van der Waals surface area contributed by atoms with Crippen LogP contribution < -0.4 is 11.1 Å².